The summed E-state index contributed by atoms with van der Waals surface area (Å²) in [6.07, 6.45) is 30.9. The van der Waals surface area contributed by atoms with Crippen LogP contribution < -0.4 is 0 Å². The van der Waals surface area contributed by atoms with E-state index in [0.29, 0.717) is 0 Å². The van der Waals surface area contributed by atoms with E-state index in [1.807, 2.05) is 0 Å². The molecule has 0 aromatic heterocycles. The van der Waals surface area contributed by atoms with E-state index in [1.54, 1.807) is 0 Å². The Hall–Kier alpha value is 0.922. The molecule has 0 fully saturated rings. The quantitative estimate of drug-likeness (QED) is 0.0735. The Morgan fingerprint density at radius 1 is 0.355 bits per heavy atom. The monoisotopic (exact) mass is 536 g/mol. The van der Waals surface area contributed by atoms with Gasteiger partial charge in [-0.1, -0.05) is 156 Å². The van der Waals surface area contributed by atoms with Gasteiger partial charge in [-0.05, 0) is 11.8 Å². The zero-order valence-electron chi connectivity index (χ0n) is 22.8. The number of rotatable bonds is 22. The molecule has 0 saturated heterocycles. The van der Waals surface area contributed by atoms with Crippen LogP contribution in [0.15, 0.2) is 0 Å². The van der Waals surface area contributed by atoms with E-state index in [0.717, 1.165) is 24.7 Å². The van der Waals surface area contributed by atoms with Gasteiger partial charge in [0, 0.05) is 0 Å². The van der Waals surface area contributed by atoms with Crippen LogP contribution in [0.25, 0.3) is 0 Å². The molecule has 0 radical (unpaired) electrons. The Kier molecular flexibility index (Phi) is 39.0. The Labute approximate surface area is 221 Å². The number of hydrogen-bond acceptors (Lipinski definition) is 0. The van der Waals surface area contributed by atoms with E-state index in [1.165, 1.54) is 128 Å². The van der Waals surface area contributed by atoms with E-state index >= 15 is 0 Å². The number of hydrogen-bond donors (Lipinski definition) is 0. The van der Waals surface area contributed by atoms with Crippen LogP contribution in [-0.2, 0) is 27.3 Å². The Bertz CT molecular complexity index is 244. The van der Waals surface area contributed by atoms with Crippen molar-refractivity contribution in [3.8, 4) is 0 Å². The molecule has 0 amide bonds. The van der Waals surface area contributed by atoms with Gasteiger partial charge in [0.05, 0.1) is 0 Å². The third-order valence-corrected chi connectivity index (χ3v) is 6.06. The van der Waals surface area contributed by atoms with Gasteiger partial charge in [0.2, 0.25) is 0 Å². The van der Waals surface area contributed by atoms with Gasteiger partial charge in [-0.2, -0.15) is 12.8 Å². The third-order valence-electron chi connectivity index (χ3n) is 6.06. The molecule has 0 aliphatic carbocycles. The van der Waals surface area contributed by atoms with E-state index in [2.05, 4.69) is 41.5 Å². The minimum atomic E-state index is 0. The summed E-state index contributed by atoms with van der Waals surface area (Å²) in [5.41, 5.74) is 0. The Balaban J connectivity index is -0.000000490. The normalized spacial score (nSPS) is 10.8. The van der Waals surface area contributed by atoms with Crippen molar-refractivity contribution in [3.05, 3.63) is 13.8 Å². The van der Waals surface area contributed by atoms with Crippen LogP contribution in [-0.4, -0.2) is 0 Å². The predicted molar refractivity (Wildman–Crippen MR) is 142 cm³/mol. The summed E-state index contributed by atoms with van der Waals surface area (Å²) >= 11 is 0. The van der Waals surface area contributed by atoms with Gasteiger partial charge in [-0.15, -0.1) is 0 Å². The van der Waals surface area contributed by atoms with E-state index in [4.69, 9.17) is 0 Å². The van der Waals surface area contributed by atoms with Crippen LogP contribution >= 0.6 is 0 Å². The minimum Gasteiger partial charge on any atom is -0.343 e. The molecule has 0 aliphatic rings. The largest absolute Gasteiger partial charge is 2.00 e. The van der Waals surface area contributed by atoms with Crippen molar-refractivity contribution >= 4 is 0 Å². The second kappa shape index (κ2) is 33.1. The Morgan fingerprint density at radius 3 is 0.742 bits per heavy atom. The maximum atomic E-state index is 3.87. The summed E-state index contributed by atoms with van der Waals surface area (Å²) < 4.78 is 0. The van der Waals surface area contributed by atoms with Crippen LogP contribution in [0.3, 0.4) is 0 Å². The van der Waals surface area contributed by atoms with Crippen molar-refractivity contribution in [2.75, 3.05) is 0 Å². The zero-order chi connectivity index (χ0) is 22.7. The number of unbranched alkanes of at least 4 members (excludes halogenated alkanes) is 18. The molecular formula is C30H62Cd. The topological polar surface area (TPSA) is 0 Å². The summed E-state index contributed by atoms with van der Waals surface area (Å²) in [6.45, 7) is 17.0. The first-order chi connectivity index (χ1) is 14.5. The molecule has 0 unspecified atom stereocenters. The maximum Gasteiger partial charge on any atom is 2.00 e. The van der Waals surface area contributed by atoms with E-state index in [-0.39, 0.29) is 27.3 Å². The van der Waals surface area contributed by atoms with Crippen molar-refractivity contribution in [2.24, 2.45) is 11.8 Å². The van der Waals surface area contributed by atoms with Crippen LogP contribution in [0.1, 0.15) is 169 Å². The van der Waals surface area contributed by atoms with Crippen LogP contribution in [0.4, 0.5) is 0 Å². The van der Waals surface area contributed by atoms with E-state index in [9.17, 15) is 0 Å². The molecule has 0 aromatic rings. The van der Waals surface area contributed by atoms with Crippen LogP contribution in [0.2, 0.25) is 0 Å². The molecule has 0 rings (SSSR count). The summed E-state index contributed by atoms with van der Waals surface area (Å²) in [5, 5.41) is 0. The molecule has 0 N–H and O–H groups in total. The first-order valence-electron chi connectivity index (χ1n) is 14.1. The van der Waals surface area contributed by atoms with Crippen molar-refractivity contribution in [1.82, 2.24) is 0 Å². The molecule has 0 aliphatic heterocycles. The Morgan fingerprint density at radius 2 is 0.548 bits per heavy atom. The first kappa shape index (κ1) is 36.5. The SMILES string of the molecule is [CH2-]CCCCCCCCCCCC(C)C.[CH2-]CCCCCCCCCCCC(C)C.[Cd+2]. The van der Waals surface area contributed by atoms with Gasteiger partial charge in [0.1, 0.15) is 0 Å². The smallest absolute Gasteiger partial charge is 0.343 e. The second-order valence-corrected chi connectivity index (χ2v) is 10.4. The summed E-state index contributed by atoms with van der Waals surface area (Å²) in [7, 11) is 0. The fourth-order valence-electron chi connectivity index (χ4n) is 3.93. The summed E-state index contributed by atoms with van der Waals surface area (Å²) in [4.78, 5) is 0. The average Bonchev–Trinajstić information content (AvgIpc) is 2.71. The standard InChI is InChI=1S/2C15H31.Cd/c2*1-4-5-6-7-8-9-10-11-12-13-14-15(2)3;/h2*15H,1,4-14H2,2-3H3;/q2*-1;+2. The summed E-state index contributed by atoms with van der Waals surface area (Å²) in [5.74, 6) is 1.79. The van der Waals surface area contributed by atoms with Crippen LogP contribution in [0, 0.1) is 25.7 Å². The van der Waals surface area contributed by atoms with Gasteiger partial charge in [-0.3, -0.25) is 0 Å². The fraction of sp³-hybridized carbons (Fsp3) is 0.933. The molecule has 0 saturated carbocycles. The van der Waals surface area contributed by atoms with Crippen molar-refractivity contribution < 1.29 is 27.3 Å². The van der Waals surface area contributed by atoms with Gasteiger partial charge in [0.15, 0.2) is 0 Å². The fourth-order valence-corrected chi connectivity index (χ4v) is 3.93. The molecule has 1 heteroatoms. The third kappa shape index (κ3) is 41.6. The molecular weight excluding hydrogens is 473 g/mol. The molecule has 0 bridgehead atoms. The molecule has 31 heavy (non-hydrogen) atoms. The zero-order valence-corrected chi connectivity index (χ0v) is 26.9. The maximum absolute atomic E-state index is 3.87. The summed E-state index contributed by atoms with van der Waals surface area (Å²) in [6, 6.07) is 0. The van der Waals surface area contributed by atoms with Gasteiger partial charge >= 0.3 is 27.3 Å². The predicted octanol–water partition coefficient (Wildman–Crippen LogP) is 11.5. The van der Waals surface area contributed by atoms with Gasteiger partial charge in [0.25, 0.3) is 0 Å². The average molecular weight is 535 g/mol. The van der Waals surface area contributed by atoms with E-state index < -0.39 is 0 Å². The molecule has 184 valence electrons. The first-order valence-corrected chi connectivity index (χ1v) is 14.1. The van der Waals surface area contributed by atoms with Crippen LogP contribution in [0.5, 0.6) is 0 Å². The molecule has 0 nitrogen and oxygen atoms in total. The molecule has 0 spiro atoms. The molecule has 0 aromatic carbocycles. The van der Waals surface area contributed by atoms with Crippen molar-refractivity contribution in [1.29, 1.82) is 0 Å². The second-order valence-electron chi connectivity index (χ2n) is 10.4. The van der Waals surface area contributed by atoms with Crippen molar-refractivity contribution in [3.63, 3.8) is 0 Å². The van der Waals surface area contributed by atoms with Gasteiger partial charge < -0.3 is 13.8 Å². The minimum absolute atomic E-state index is 0. The van der Waals surface area contributed by atoms with Gasteiger partial charge in [-0.25, -0.2) is 0 Å². The van der Waals surface area contributed by atoms with Crippen molar-refractivity contribution in [2.45, 2.75) is 169 Å². The molecule has 0 atom stereocenters. The molecule has 0 heterocycles.